The molecule has 0 aliphatic carbocycles. The van der Waals surface area contributed by atoms with Crippen LogP contribution in [0.3, 0.4) is 0 Å². The van der Waals surface area contributed by atoms with E-state index in [-0.39, 0.29) is 10.5 Å². The summed E-state index contributed by atoms with van der Waals surface area (Å²) >= 11 is 5.70. The molecule has 2 rings (SSSR count). The van der Waals surface area contributed by atoms with E-state index in [9.17, 15) is 17.2 Å². The van der Waals surface area contributed by atoms with Crippen LogP contribution in [0.15, 0.2) is 47.4 Å². The van der Waals surface area contributed by atoms with Crippen LogP contribution in [-0.2, 0) is 10.0 Å². The maximum atomic E-state index is 13.6. The first-order valence-corrected chi connectivity index (χ1v) is 7.88. The van der Waals surface area contributed by atoms with Crippen LogP contribution in [0.4, 0.5) is 8.78 Å². The molecule has 0 saturated carbocycles. The van der Waals surface area contributed by atoms with Crippen molar-refractivity contribution >= 4 is 21.6 Å². The second kappa shape index (κ2) is 6.09. The molecule has 0 fully saturated rings. The summed E-state index contributed by atoms with van der Waals surface area (Å²) in [5, 5.41) is 0.409. The lowest BCUT2D eigenvalue weighted by Crippen LogP contribution is -2.27. The average molecular weight is 332 g/mol. The van der Waals surface area contributed by atoms with Crippen LogP contribution in [0, 0.1) is 11.6 Å². The molecule has 1 N–H and O–H groups in total. The smallest absolute Gasteiger partial charge is 0.207 e. The van der Waals surface area contributed by atoms with E-state index in [4.69, 9.17) is 11.6 Å². The second-order valence-corrected chi connectivity index (χ2v) is 6.61. The number of hydrogen-bond acceptors (Lipinski definition) is 2. The molecule has 0 aromatic heterocycles. The standard InChI is InChI=1S/C14H12ClF2NO2S/c1-9(13-7-4-11(16)8-14(13)17)18-21(19,20)12-5-2-10(15)3-6-12/h2-9,18H,1H3/t9-/m0/s1. The molecule has 0 bridgehead atoms. The zero-order valence-corrected chi connectivity index (χ0v) is 12.5. The first-order chi connectivity index (χ1) is 9.79. The third-order valence-electron chi connectivity index (χ3n) is 2.88. The van der Waals surface area contributed by atoms with Crippen molar-refractivity contribution in [3.63, 3.8) is 0 Å². The van der Waals surface area contributed by atoms with Crippen molar-refractivity contribution in [2.45, 2.75) is 17.9 Å². The molecule has 3 nitrogen and oxygen atoms in total. The number of nitrogens with one attached hydrogen (secondary N) is 1. The fraction of sp³-hybridized carbons (Fsp3) is 0.143. The molecule has 7 heteroatoms. The maximum Gasteiger partial charge on any atom is 0.241 e. The van der Waals surface area contributed by atoms with Gasteiger partial charge < -0.3 is 0 Å². The topological polar surface area (TPSA) is 46.2 Å². The van der Waals surface area contributed by atoms with Crippen molar-refractivity contribution in [1.82, 2.24) is 4.72 Å². The van der Waals surface area contributed by atoms with Crippen molar-refractivity contribution in [2.24, 2.45) is 0 Å². The van der Waals surface area contributed by atoms with Gasteiger partial charge in [-0.25, -0.2) is 21.9 Å². The van der Waals surface area contributed by atoms with Gasteiger partial charge in [-0.05, 0) is 37.3 Å². The van der Waals surface area contributed by atoms with Gasteiger partial charge in [0.25, 0.3) is 0 Å². The fourth-order valence-electron chi connectivity index (χ4n) is 1.83. The summed E-state index contributed by atoms with van der Waals surface area (Å²) in [6.07, 6.45) is 0. The van der Waals surface area contributed by atoms with E-state index in [1.165, 1.54) is 37.3 Å². The van der Waals surface area contributed by atoms with Gasteiger partial charge in [0.1, 0.15) is 11.6 Å². The van der Waals surface area contributed by atoms with Crippen molar-refractivity contribution in [2.75, 3.05) is 0 Å². The van der Waals surface area contributed by atoms with Crippen LogP contribution in [-0.4, -0.2) is 8.42 Å². The van der Waals surface area contributed by atoms with Crippen LogP contribution >= 0.6 is 11.6 Å². The summed E-state index contributed by atoms with van der Waals surface area (Å²) in [4.78, 5) is 0.0151. The summed E-state index contributed by atoms with van der Waals surface area (Å²) in [6.45, 7) is 1.48. The quantitative estimate of drug-likeness (QED) is 0.929. The molecule has 2 aromatic rings. The Bertz CT molecular complexity index is 748. The van der Waals surface area contributed by atoms with Gasteiger partial charge in [-0.3, -0.25) is 0 Å². The molecule has 1 atom stereocenters. The molecule has 0 unspecified atom stereocenters. The highest BCUT2D eigenvalue weighted by molar-refractivity contribution is 7.89. The average Bonchev–Trinajstić information content (AvgIpc) is 2.38. The molecule has 0 amide bonds. The van der Waals surface area contributed by atoms with Crippen molar-refractivity contribution in [3.8, 4) is 0 Å². The Labute approximate surface area is 126 Å². The molecular formula is C14H12ClF2NO2S. The Kier molecular flexibility index (Phi) is 4.61. The largest absolute Gasteiger partial charge is 0.241 e. The van der Waals surface area contributed by atoms with E-state index in [1.54, 1.807) is 0 Å². The van der Waals surface area contributed by atoms with Gasteiger partial charge in [0.05, 0.1) is 4.90 Å². The number of hydrogen-bond donors (Lipinski definition) is 1. The highest BCUT2D eigenvalue weighted by Gasteiger charge is 2.20. The van der Waals surface area contributed by atoms with Gasteiger partial charge >= 0.3 is 0 Å². The van der Waals surface area contributed by atoms with Crippen molar-refractivity contribution < 1.29 is 17.2 Å². The molecule has 0 spiro atoms. The first-order valence-electron chi connectivity index (χ1n) is 6.02. The highest BCUT2D eigenvalue weighted by atomic mass is 35.5. The number of sulfonamides is 1. The van der Waals surface area contributed by atoms with E-state index >= 15 is 0 Å². The molecule has 0 saturated heterocycles. The number of rotatable bonds is 4. The van der Waals surface area contributed by atoms with Gasteiger partial charge in [-0.15, -0.1) is 0 Å². The Morgan fingerprint density at radius 1 is 1.10 bits per heavy atom. The van der Waals surface area contributed by atoms with Crippen LogP contribution < -0.4 is 4.72 Å². The van der Waals surface area contributed by atoms with Gasteiger partial charge in [-0.2, -0.15) is 0 Å². The Balaban J connectivity index is 2.25. The zero-order valence-electron chi connectivity index (χ0n) is 11.0. The summed E-state index contributed by atoms with van der Waals surface area (Å²) in [7, 11) is -3.82. The van der Waals surface area contributed by atoms with E-state index in [2.05, 4.69) is 4.72 Å². The molecular weight excluding hydrogens is 320 g/mol. The van der Waals surface area contributed by atoms with Crippen LogP contribution in [0.2, 0.25) is 5.02 Å². The zero-order chi connectivity index (χ0) is 15.6. The summed E-state index contributed by atoms with van der Waals surface area (Å²) in [6, 6.07) is 7.73. The highest BCUT2D eigenvalue weighted by Crippen LogP contribution is 2.21. The minimum Gasteiger partial charge on any atom is -0.207 e. The van der Waals surface area contributed by atoms with Crippen LogP contribution in [0.25, 0.3) is 0 Å². The van der Waals surface area contributed by atoms with Crippen molar-refractivity contribution in [1.29, 1.82) is 0 Å². The van der Waals surface area contributed by atoms with E-state index in [1.807, 2.05) is 0 Å². The van der Waals surface area contributed by atoms with E-state index < -0.39 is 27.7 Å². The normalized spacial score (nSPS) is 13.1. The predicted octanol–water partition coefficient (Wildman–Crippen LogP) is 3.66. The number of benzene rings is 2. The first kappa shape index (κ1) is 15.9. The Hall–Kier alpha value is -1.50. The molecule has 112 valence electrons. The fourth-order valence-corrected chi connectivity index (χ4v) is 3.18. The van der Waals surface area contributed by atoms with Crippen LogP contribution in [0.1, 0.15) is 18.5 Å². The summed E-state index contributed by atoms with van der Waals surface area (Å²) in [5.74, 6) is -1.52. The Morgan fingerprint density at radius 2 is 1.71 bits per heavy atom. The second-order valence-electron chi connectivity index (χ2n) is 4.46. The molecule has 21 heavy (non-hydrogen) atoms. The lowest BCUT2D eigenvalue weighted by atomic mass is 10.1. The van der Waals surface area contributed by atoms with E-state index in [0.29, 0.717) is 11.1 Å². The third-order valence-corrected chi connectivity index (χ3v) is 4.69. The minimum atomic E-state index is -3.82. The van der Waals surface area contributed by atoms with Gasteiger partial charge in [0.15, 0.2) is 0 Å². The summed E-state index contributed by atoms with van der Waals surface area (Å²) in [5.41, 5.74) is 0.0638. The molecule has 0 heterocycles. The molecule has 0 aliphatic heterocycles. The lowest BCUT2D eigenvalue weighted by Gasteiger charge is -2.15. The van der Waals surface area contributed by atoms with Crippen LogP contribution in [0.5, 0.6) is 0 Å². The van der Waals surface area contributed by atoms with E-state index in [0.717, 1.165) is 6.07 Å². The predicted molar refractivity (Wildman–Crippen MR) is 76.5 cm³/mol. The summed E-state index contributed by atoms with van der Waals surface area (Å²) < 4.78 is 53.1. The molecule has 2 aromatic carbocycles. The number of halogens is 3. The van der Waals surface area contributed by atoms with Gasteiger partial charge in [-0.1, -0.05) is 17.7 Å². The van der Waals surface area contributed by atoms with Gasteiger partial charge in [0, 0.05) is 22.7 Å². The molecule has 0 aliphatic rings. The van der Waals surface area contributed by atoms with Gasteiger partial charge in [0.2, 0.25) is 10.0 Å². The maximum absolute atomic E-state index is 13.6. The monoisotopic (exact) mass is 331 g/mol. The third kappa shape index (κ3) is 3.78. The SMILES string of the molecule is C[C@H](NS(=O)(=O)c1ccc(Cl)cc1)c1ccc(F)cc1F. The molecule has 0 radical (unpaired) electrons. The Morgan fingerprint density at radius 3 is 2.29 bits per heavy atom. The lowest BCUT2D eigenvalue weighted by molar-refractivity contribution is 0.540. The van der Waals surface area contributed by atoms with Crippen molar-refractivity contribution in [3.05, 3.63) is 64.7 Å². The minimum absolute atomic E-state index is 0.0151.